The standard InChI is InChI=1S/C8H9NOS/c11-7-3-6-1-2-10-5-8(6)9-4-7/h3-4,11H,1-2,5H2. The predicted molar refractivity (Wildman–Crippen MR) is 44.8 cm³/mol. The molecule has 1 aliphatic rings. The summed E-state index contributed by atoms with van der Waals surface area (Å²) in [7, 11) is 0. The summed E-state index contributed by atoms with van der Waals surface area (Å²) >= 11 is 4.21. The third-order valence-corrected chi connectivity index (χ3v) is 2.04. The first-order valence-corrected chi connectivity index (χ1v) is 4.05. The highest BCUT2D eigenvalue weighted by Gasteiger charge is 2.09. The second-order valence-electron chi connectivity index (χ2n) is 2.60. The van der Waals surface area contributed by atoms with Crippen LogP contribution in [0, 0.1) is 0 Å². The Bertz CT molecular complexity index is 275. The summed E-state index contributed by atoms with van der Waals surface area (Å²) in [6, 6.07) is 2.06. The second-order valence-corrected chi connectivity index (χ2v) is 3.12. The number of hydrogen-bond acceptors (Lipinski definition) is 3. The van der Waals surface area contributed by atoms with Gasteiger partial charge in [-0.2, -0.15) is 0 Å². The zero-order valence-corrected chi connectivity index (χ0v) is 6.97. The molecule has 11 heavy (non-hydrogen) atoms. The van der Waals surface area contributed by atoms with Crippen LogP contribution in [0.1, 0.15) is 11.3 Å². The minimum atomic E-state index is 0.656. The lowest BCUT2D eigenvalue weighted by Crippen LogP contribution is -2.11. The molecular weight excluding hydrogens is 158 g/mol. The Morgan fingerprint density at radius 2 is 2.45 bits per heavy atom. The monoisotopic (exact) mass is 167 g/mol. The van der Waals surface area contributed by atoms with Gasteiger partial charge in [0.05, 0.1) is 18.9 Å². The highest BCUT2D eigenvalue weighted by molar-refractivity contribution is 7.80. The van der Waals surface area contributed by atoms with Crippen molar-refractivity contribution in [2.45, 2.75) is 17.9 Å². The maximum absolute atomic E-state index is 5.25. The molecule has 0 radical (unpaired) electrons. The van der Waals surface area contributed by atoms with Gasteiger partial charge in [-0.25, -0.2) is 0 Å². The number of aromatic nitrogens is 1. The number of rotatable bonds is 0. The predicted octanol–water partition coefficient (Wildman–Crippen LogP) is 1.44. The first-order chi connectivity index (χ1) is 5.36. The maximum Gasteiger partial charge on any atom is 0.0890 e. The van der Waals surface area contributed by atoms with Crippen molar-refractivity contribution in [2.75, 3.05) is 6.61 Å². The molecule has 58 valence electrons. The molecule has 0 atom stereocenters. The fourth-order valence-electron chi connectivity index (χ4n) is 1.22. The third kappa shape index (κ3) is 1.39. The Hall–Kier alpha value is -0.540. The van der Waals surface area contributed by atoms with Crippen LogP contribution in [0.3, 0.4) is 0 Å². The number of nitrogens with zero attached hydrogens (tertiary/aromatic N) is 1. The number of fused-ring (bicyclic) bond motifs is 1. The number of pyridine rings is 1. The molecule has 2 rings (SSSR count). The molecule has 0 aromatic carbocycles. The zero-order valence-electron chi connectivity index (χ0n) is 6.08. The van der Waals surface area contributed by atoms with Crippen molar-refractivity contribution in [1.82, 2.24) is 4.98 Å². The summed E-state index contributed by atoms with van der Waals surface area (Å²) in [5.41, 5.74) is 2.35. The average molecular weight is 167 g/mol. The van der Waals surface area contributed by atoms with Gasteiger partial charge in [0.25, 0.3) is 0 Å². The van der Waals surface area contributed by atoms with Gasteiger partial charge in [0.1, 0.15) is 0 Å². The van der Waals surface area contributed by atoms with Gasteiger partial charge in [-0.15, -0.1) is 12.6 Å². The number of hydrogen-bond donors (Lipinski definition) is 1. The van der Waals surface area contributed by atoms with Gasteiger partial charge in [-0.3, -0.25) is 4.98 Å². The SMILES string of the molecule is Sc1cnc2c(c1)CCOC2. The second kappa shape index (κ2) is 2.83. The van der Waals surface area contributed by atoms with Crippen LogP contribution < -0.4 is 0 Å². The highest BCUT2D eigenvalue weighted by atomic mass is 32.1. The van der Waals surface area contributed by atoms with E-state index in [-0.39, 0.29) is 0 Å². The quantitative estimate of drug-likeness (QED) is 0.591. The van der Waals surface area contributed by atoms with Crippen LogP contribution in [0.5, 0.6) is 0 Å². The molecule has 1 aliphatic heterocycles. The van der Waals surface area contributed by atoms with E-state index in [1.165, 1.54) is 5.56 Å². The summed E-state index contributed by atoms with van der Waals surface area (Å²) in [5, 5.41) is 0. The summed E-state index contributed by atoms with van der Waals surface area (Å²) in [6.45, 7) is 1.47. The molecular formula is C8H9NOS. The van der Waals surface area contributed by atoms with E-state index < -0.39 is 0 Å². The summed E-state index contributed by atoms with van der Waals surface area (Å²) < 4.78 is 5.25. The van der Waals surface area contributed by atoms with Gasteiger partial charge in [0.2, 0.25) is 0 Å². The van der Waals surface area contributed by atoms with Crippen molar-refractivity contribution in [3.63, 3.8) is 0 Å². The minimum absolute atomic E-state index is 0.656. The van der Waals surface area contributed by atoms with Crippen LogP contribution in [0.15, 0.2) is 17.2 Å². The maximum atomic E-state index is 5.25. The molecule has 0 unspecified atom stereocenters. The zero-order chi connectivity index (χ0) is 7.68. The smallest absolute Gasteiger partial charge is 0.0890 e. The molecule has 0 bridgehead atoms. The van der Waals surface area contributed by atoms with Gasteiger partial charge in [-0.05, 0) is 18.1 Å². The molecule has 0 aliphatic carbocycles. The Morgan fingerprint density at radius 1 is 1.55 bits per heavy atom. The van der Waals surface area contributed by atoms with Gasteiger partial charge in [0.15, 0.2) is 0 Å². The van der Waals surface area contributed by atoms with Gasteiger partial charge in [-0.1, -0.05) is 0 Å². The third-order valence-electron chi connectivity index (χ3n) is 1.80. The van der Waals surface area contributed by atoms with Crippen molar-refractivity contribution >= 4 is 12.6 Å². The van der Waals surface area contributed by atoms with E-state index in [4.69, 9.17) is 4.74 Å². The van der Waals surface area contributed by atoms with Crippen molar-refractivity contribution in [2.24, 2.45) is 0 Å². The van der Waals surface area contributed by atoms with Gasteiger partial charge >= 0.3 is 0 Å². The lowest BCUT2D eigenvalue weighted by molar-refractivity contribution is 0.107. The number of thiol groups is 1. The molecule has 0 N–H and O–H groups in total. The van der Waals surface area contributed by atoms with Crippen LogP contribution in [-0.4, -0.2) is 11.6 Å². The molecule has 0 saturated heterocycles. The summed E-state index contributed by atoms with van der Waals surface area (Å²) in [6.07, 6.45) is 2.73. The van der Waals surface area contributed by atoms with Gasteiger partial charge in [0, 0.05) is 11.1 Å². The van der Waals surface area contributed by atoms with Crippen LogP contribution >= 0.6 is 12.6 Å². The highest BCUT2D eigenvalue weighted by Crippen LogP contribution is 2.16. The van der Waals surface area contributed by atoms with Crippen LogP contribution in [0.25, 0.3) is 0 Å². The summed E-state index contributed by atoms with van der Waals surface area (Å²) in [4.78, 5) is 5.15. The molecule has 1 aromatic rings. The van der Waals surface area contributed by atoms with E-state index in [1.54, 1.807) is 6.20 Å². The molecule has 0 spiro atoms. The van der Waals surface area contributed by atoms with Crippen molar-refractivity contribution in [1.29, 1.82) is 0 Å². The van der Waals surface area contributed by atoms with Crippen molar-refractivity contribution < 1.29 is 4.74 Å². The molecule has 0 amide bonds. The largest absolute Gasteiger partial charge is 0.375 e. The molecule has 2 nitrogen and oxygen atoms in total. The van der Waals surface area contributed by atoms with E-state index in [9.17, 15) is 0 Å². The molecule has 0 saturated carbocycles. The Balaban J connectivity index is 2.43. The van der Waals surface area contributed by atoms with E-state index in [2.05, 4.69) is 23.7 Å². The lowest BCUT2D eigenvalue weighted by atomic mass is 10.1. The lowest BCUT2D eigenvalue weighted by Gasteiger charge is -2.14. The van der Waals surface area contributed by atoms with Crippen molar-refractivity contribution in [3.05, 3.63) is 23.5 Å². The van der Waals surface area contributed by atoms with Gasteiger partial charge < -0.3 is 4.74 Å². The first kappa shape index (κ1) is 7.13. The molecule has 0 fully saturated rings. The van der Waals surface area contributed by atoms with Crippen LogP contribution in [0.2, 0.25) is 0 Å². The number of ether oxygens (including phenoxy) is 1. The fraction of sp³-hybridized carbons (Fsp3) is 0.375. The Kier molecular flexibility index (Phi) is 1.84. The normalized spacial score (nSPS) is 16.1. The molecule has 1 aromatic heterocycles. The Morgan fingerprint density at radius 3 is 3.36 bits per heavy atom. The van der Waals surface area contributed by atoms with E-state index in [0.717, 1.165) is 23.6 Å². The molecule has 3 heteroatoms. The fourth-order valence-corrected chi connectivity index (χ4v) is 1.44. The molecule has 2 heterocycles. The van der Waals surface area contributed by atoms with Crippen LogP contribution in [-0.2, 0) is 17.8 Å². The van der Waals surface area contributed by atoms with E-state index in [0.29, 0.717) is 6.61 Å². The van der Waals surface area contributed by atoms with E-state index in [1.807, 2.05) is 0 Å². The van der Waals surface area contributed by atoms with Crippen LogP contribution in [0.4, 0.5) is 0 Å². The Labute approximate surface area is 71.0 Å². The minimum Gasteiger partial charge on any atom is -0.375 e. The van der Waals surface area contributed by atoms with E-state index >= 15 is 0 Å². The first-order valence-electron chi connectivity index (χ1n) is 3.61. The van der Waals surface area contributed by atoms with Crippen molar-refractivity contribution in [3.8, 4) is 0 Å². The topological polar surface area (TPSA) is 22.1 Å². The summed E-state index contributed by atoms with van der Waals surface area (Å²) in [5.74, 6) is 0. The average Bonchev–Trinajstić information content (AvgIpc) is 2.04.